The van der Waals surface area contributed by atoms with Gasteiger partial charge in [0.1, 0.15) is 15.8 Å². The van der Waals surface area contributed by atoms with Crippen molar-refractivity contribution in [3.8, 4) is 0 Å². The minimum Gasteiger partial charge on any atom is -0.390 e. The number of benzene rings is 3. The van der Waals surface area contributed by atoms with E-state index in [9.17, 15) is 27.1 Å². The van der Waals surface area contributed by atoms with Crippen molar-refractivity contribution in [1.82, 2.24) is 15.4 Å². The highest BCUT2D eigenvalue weighted by Crippen LogP contribution is 2.23. The van der Waals surface area contributed by atoms with Gasteiger partial charge >= 0.3 is 0 Å². The molecule has 0 spiro atoms. The van der Waals surface area contributed by atoms with E-state index in [2.05, 4.69) is 22.3 Å². The van der Waals surface area contributed by atoms with Crippen LogP contribution in [0.5, 0.6) is 0 Å². The number of nitrogens with one attached hydrogen (secondary N) is 3. The van der Waals surface area contributed by atoms with Gasteiger partial charge in [-0.25, -0.2) is 21.9 Å². The van der Waals surface area contributed by atoms with Gasteiger partial charge in [0.2, 0.25) is 10.0 Å². The molecule has 11 heteroatoms. The molecule has 4 aromatic rings. The Bertz CT molecular complexity index is 1580. The monoisotopic (exact) mass is 613 g/mol. The third-order valence-electron chi connectivity index (χ3n) is 6.59. The molecule has 0 fully saturated rings. The van der Waals surface area contributed by atoms with Crippen LogP contribution in [0.25, 0.3) is 0 Å². The highest BCUT2D eigenvalue weighted by Gasteiger charge is 2.28. The normalized spacial score (nSPS) is 13.0. The number of thiophene rings is 1. The van der Waals surface area contributed by atoms with Gasteiger partial charge in [0.15, 0.2) is 0 Å². The first kappa shape index (κ1) is 31.5. The molecule has 0 saturated carbocycles. The van der Waals surface area contributed by atoms with Crippen molar-refractivity contribution in [1.29, 1.82) is 0 Å². The maximum atomic E-state index is 13.9. The summed E-state index contributed by atoms with van der Waals surface area (Å²) in [6, 6.07) is 21.5. The lowest BCUT2D eigenvalue weighted by atomic mass is 10.0. The number of aryl methyl sites for hydroxylation is 1. The second-order valence-corrected chi connectivity index (χ2v) is 13.0. The second kappa shape index (κ2) is 14.6. The molecule has 7 nitrogen and oxygen atoms in total. The maximum absolute atomic E-state index is 13.9. The molecule has 0 bridgehead atoms. The molecule has 0 aliphatic rings. The summed E-state index contributed by atoms with van der Waals surface area (Å²) in [7, 11) is -4.12. The maximum Gasteiger partial charge on any atom is 0.251 e. The van der Waals surface area contributed by atoms with Crippen LogP contribution in [0.3, 0.4) is 0 Å². The van der Waals surface area contributed by atoms with Crippen LogP contribution in [-0.2, 0) is 36.0 Å². The zero-order chi connectivity index (χ0) is 30.1. The number of halogens is 2. The quantitative estimate of drug-likeness (QED) is 0.167. The molecule has 4 N–H and O–H groups in total. The minimum atomic E-state index is -4.12. The van der Waals surface area contributed by atoms with Crippen LogP contribution >= 0.6 is 11.3 Å². The van der Waals surface area contributed by atoms with E-state index in [1.807, 2.05) is 24.3 Å². The summed E-state index contributed by atoms with van der Waals surface area (Å²) in [5, 5.41) is 16.9. The van der Waals surface area contributed by atoms with Gasteiger partial charge in [0.25, 0.3) is 5.91 Å². The van der Waals surface area contributed by atoms with Crippen molar-refractivity contribution in [2.45, 2.75) is 49.2 Å². The molecule has 1 heterocycles. The van der Waals surface area contributed by atoms with Crippen LogP contribution in [0, 0.1) is 11.6 Å². The van der Waals surface area contributed by atoms with Crippen molar-refractivity contribution in [3.05, 3.63) is 124 Å². The zero-order valence-electron chi connectivity index (χ0n) is 23.0. The number of rotatable bonds is 14. The number of hydrogen-bond donors (Lipinski definition) is 4. The highest BCUT2D eigenvalue weighted by atomic mass is 32.2. The van der Waals surface area contributed by atoms with Crippen LogP contribution in [0.2, 0.25) is 0 Å². The lowest BCUT2D eigenvalue weighted by Crippen LogP contribution is -2.48. The van der Waals surface area contributed by atoms with E-state index in [1.54, 1.807) is 36.4 Å². The Balaban J connectivity index is 1.44. The van der Waals surface area contributed by atoms with Gasteiger partial charge in [-0.05, 0) is 65.9 Å². The molecule has 3 aromatic carbocycles. The zero-order valence-corrected chi connectivity index (χ0v) is 24.7. The Hall–Kier alpha value is -3.48. The lowest BCUT2D eigenvalue weighted by molar-refractivity contribution is 0.0951. The molecule has 2 atom stereocenters. The van der Waals surface area contributed by atoms with Gasteiger partial charge in [-0.1, -0.05) is 49.4 Å². The molecule has 0 saturated heterocycles. The summed E-state index contributed by atoms with van der Waals surface area (Å²) in [5.74, 6) is -1.88. The molecule has 0 unspecified atom stereocenters. The molecule has 0 aliphatic heterocycles. The van der Waals surface area contributed by atoms with Gasteiger partial charge < -0.3 is 15.7 Å². The van der Waals surface area contributed by atoms with Gasteiger partial charge in [-0.3, -0.25) is 4.79 Å². The Morgan fingerprint density at radius 2 is 1.60 bits per heavy atom. The van der Waals surface area contributed by atoms with Crippen LogP contribution in [0.4, 0.5) is 8.78 Å². The van der Waals surface area contributed by atoms with E-state index in [0.717, 1.165) is 41.5 Å². The van der Waals surface area contributed by atoms with E-state index in [0.29, 0.717) is 17.0 Å². The third kappa shape index (κ3) is 9.01. The molecule has 222 valence electrons. The number of aliphatic hydroxyl groups is 1. The van der Waals surface area contributed by atoms with Crippen molar-refractivity contribution >= 4 is 27.3 Å². The Labute approximate surface area is 248 Å². The topological polar surface area (TPSA) is 108 Å². The molecular weight excluding hydrogens is 580 g/mol. The summed E-state index contributed by atoms with van der Waals surface area (Å²) in [4.78, 5) is 13.0. The van der Waals surface area contributed by atoms with Gasteiger partial charge in [-0.2, -0.15) is 0 Å². The van der Waals surface area contributed by atoms with Crippen LogP contribution in [-0.4, -0.2) is 38.1 Å². The second-order valence-electron chi connectivity index (χ2n) is 9.85. The number of carbonyl (C=O) groups is 1. The van der Waals surface area contributed by atoms with E-state index >= 15 is 0 Å². The van der Waals surface area contributed by atoms with Gasteiger partial charge in [0.05, 0.1) is 18.7 Å². The van der Waals surface area contributed by atoms with E-state index in [1.165, 1.54) is 11.6 Å². The van der Waals surface area contributed by atoms with E-state index < -0.39 is 33.8 Å². The molecule has 0 radical (unpaired) electrons. The van der Waals surface area contributed by atoms with Crippen molar-refractivity contribution in [3.63, 3.8) is 0 Å². The Kier molecular flexibility index (Phi) is 10.9. The third-order valence-corrected chi connectivity index (χ3v) is 9.66. The largest absolute Gasteiger partial charge is 0.390 e. The SMILES string of the molecule is CCc1cccc(CNC[C@H](O)[C@@H](Cc2cc(F)cc(F)c2)NS(=O)(=O)c2ccc(CNC(=O)c3ccccc3)s2)c1. The molecule has 1 aromatic heterocycles. The standard InChI is InChI=1S/C31H33F2N3O4S2/c1-2-21-7-6-8-22(13-21)18-34-20-29(37)28(16-23-14-25(32)17-26(33)15-23)36-42(39,40)30-12-11-27(41-30)19-35-31(38)24-9-4-3-5-10-24/h3-15,17,28-29,34,36-37H,2,16,18-20H2,1H3,(H,35,38)/t28-,29+/m1/s1. The molecular formula is C31H33F2N3O4S2. The first-order valence-corrected chi connectivity index (χ1v) is 15.8. The number of aliphatic hydroxyl groups excluding tert-OH is 1. The van der Waals surface area contributed by atoms with Crippen LogP contribution in [0.1, 0.15) is 38.8 Å². The highest BCUT2D eigenvalue weighted by molar-refractivity contribution is 7.91. The Morgan fingerprint density at radius 3 is 2.31 bits per heavy atom. The molecule has 4 rings (SSSR count). The van der Waals surface area contributed by atoms with Crippen molar-refractivity contribution in [2.75, 3.05) is 6.54 Å². The van der Waals surface area contributed by atoms with Crippen molar-refractivity contribution < 1.29 is 27.1 Å². The fourth-order valence-corrected chi connectivity index (χ4v) is 7.00. The average molecular weight is 614 g/mol. The predicted molar refractivity (Wildman–Crippen MR) is 160 cm³/mol. The van der Waals surface area contributed by atoms with E-state index in [-0.39, 0.29) is 35.2 Å². The first-order chi connectivity index (χ1) is 20.1. The minimum absolute atomic E-state index is 0.0153. The molecule has 1 amide bonds. The van der Waals surface area contributed by atoms with Crippen LogP contribution in [0.15, 0.2) is 89.1 Å². The fraction of sp³-hybridized carbons (Fsp3) is 0.258. The van der Waals surface area contributed by atoms with Gasteiger partial charge in [-0.15, -0.1) is 11.3 Å². The van der Waals surface area contributed by atoms with Crippen LogP contribution < -0.4 is 15.4 Å². The average Bonchev–Trinajstić information content (AvgIpc) is 3.46. The first-order valence-electron chi connectivity index (χ1n) is 13.5. The molecule has 0 aliphatic carbocycles. The van der Waals surface area contributed by atoms with E-state index in [4.69, 9.17) is 0 Å². The summed E-state index contributed by atoms with van der Waals surface area (Å²) in [5.41, 5.74) is 2.87. The number of carbonyl (C=O) groups excluding carboxylic acids is 1. The summed E-state index contributed by atoms with van der Waals surface area (Å²) >= 11 is 0.978. The smallest absolute Gasteiger partial charge is 0.251 e. The number of hydrogen-bond acceptors (Lipinski definition) is 6. The summed E-state index contributed by atoms with van der Waals surface area (Å²) in [6.45, 7) is 2.66. The fourth-order valence-electron chi connectivity index (χ4n) is 4.42. The number of amides is 1. The van der Waals surface area contributed by atoms with Crippen molar-refractivity contribution in [2.24, 2.45) is 0 Å². The number of sulfonamides is 1. The Morgan fingerprint density at radius 1 is 0.881 bits per heavy atom. The molecule has 42 heavy (non-hydrogen) atoms. The summed E-state index contributed by atoms with van der Waals surface area (Å²) < 4.78 is 57.0. The summed E-state index contributed by atoms with van der Waals surface area (Å²) in [6.07, 6.45) is -0.480. The van der Waals surface area contributed by atoms with Gasteiger partial charge in [0, 0.05) is 29.6 Å². The predicted octanol–water partition coefficient (Wildman–Crippen LogP) is 4.56. The lowest BCUT2D eigenvalue weighted by Gasteiger charge is -2.24.